The molecule has 0 saturated carbocycles. The van der Waals surface area contributed by atoms with Crippen molar-refractivity contribution in [2.24, 2.45) is 0 Å². The molecule has 0 aliphatic heterocycles. The van der Waals surface area contributed by atoms with Crippen molar-refractivity contribution in [3.05, 3.63) is 41.3 Å². The average Bonchev–Trinajstić information content (AvgIpc) is 3.49. The van der Waals surface area contributed by atoms with Crippen LogP contribution in [0.1, 0.15) is 74.9 Å². The first-order valence-corrected chi connectivity index (χ1v) is 12.3. The molecule has 3 rings (SSSR count). The molecule has 0 radical (unpaired) electrons. The number of aromatic nitrogens is 4. The van der Waals surface area contributed by atoms with E-state index in [1.165, 1.54) is 35.4 Å². The van der Waals surface area contributed by atoms with Crippen LogP contribution in [0, 0.1) is 0 Å². The number of rotatable bonds is 14. The van der Waals surface area contributed by atoms with Crippen LogP contribution in [0.5, 0.6) is 5.75 Å². The van der Waals surface area contributed by atoms with Gasteiger partial charge in [0, 0.05) is 0 Å². The summed E-state index contributed by atoms with van der Waals surface area (Å²) in [6.45, 7) is 5.54. The van der Waals surface area contributed by atoms with Crippen LogP contribution in [0.2, 0.25) is 0 Å². The number of benzene rings is 1. The topological polar surface area (TPSA) is 79.1 Å². The third kappa shape index (κ3) is 7.15. The Morgan fingerprint density at radius 1 is 0.906 bits per heavy atom. The van der Waals surface area contributed by atoms with Gasteiger partial charge in [0.1, 0.15) is 10.6 Å². The summed E-state index contributed by atoms with van der Waals surface area (Å²) in [5.74, 6) is 1.02. The van der Waals surface area contributed by atoms with Gasteiger partial charge in [-0.05, 0) is 54.5 Å². The van der Waals surface area contributed by atoms with E-state index < -0.39 is 0 Å². The van der Waals surface area contributed by atoms with E-state index in [1.54, 1.807) is 6.07 Å². The predicted molar refractivity (Wildman–Crippen MR) is 127 cm³/mol. The third-order valence-electron chi connectivity index (χ3n) is 5.01. The van der Waals surface area contributed by atoms with Gasteiger partial charge >= 0.3 is 5.97 Å². The molecule has 7 nitrogen and oxygen atoms in total. The Balaban J connectivity index is 1.53. The molecule has 2 heterocycles. The number of thiophene rings is 1. The zero-order chi connectivity index (χ0) is 22.6. The molecule has 172 valence electrons. The van der Waals surface area contributed by atoms with Gasteiger partial charge in [-0.3, -0.25) is 0 Å². The van der Waals surface area contributed by atoms with Crippen molar-refractivity contribution >= 4 is 17.3 Å². The maximum absolute atomic E-state index is 12.2. The lowest BCUT2D eigenvalue weighted by molar-refractivity contribution is 0.0503. The first-order valence-electron chi connectivity index (χ1n) is 11.5. The van der Waals surface area contributed by atoms with Gasteiger partial charge in [-0.15, -0.1) is 26.3 Å². The van der Waals surface area contributed by atoms with Crippen molar-refractivity contribution in [3.8, 4) is 22.1 Å². The highest BCUT2D eigenvalue weighted by atomic mass is 32.1. The molecule has 0 fully saturated rings. The maximum Gasteiger partial charge on any atom is 0.348 e. The van der Waals surface area contributed by atoms with Crippen LogP contribution < -0.4 is 4.74 Å². The van der Waals surface area contributed by atoms with Gasteiger partial charge in [0.15, 0.2) is 0 Å². The number of hydrogen-bond donors (Lipinski definition) is 0. The molecule has 2 aromatic heterocycles. The first kappa shape index (κ1) is 23.9. The van der Waals surface area contributed by atoms with Crippen LogP contribution in [-0.4, -0.2) is 39.4 Å². The van der Waals surface area contributed by atoms with Crippen LogP contribution in [0.4, 0.5) is 0 Å². The average molecular weight is 457 g/mol. The molecule has 8 heteroatoms. The Labute approximate surface area is 193 Å². The van der Waals surface area contributed by atoms with Gasteiger partial charge in [0.2, 0.25) is 5.82 Å². The first-order chi connectivity index (χ1) is 15.7. The van der Waals surface area contributed by atoms with Crippen molar-refractivity contribution in [1.82, 2.24) is 20.2 Å². The largest absolute Gasteiger partial charge is 0.494 e. The second-order valence-electron chi connectivity index (χ2n) is 7.67. The van der Waals surface area contributed by atoms with Crippen LogP contribution in [0.3, 0.4) is 0 Å². The molecule has 0 N–H and O–H groups in total. The lowest BCUT2D eigenvalue weighted by Crippen LogP contribution is -2.04. The van der Waals surface area contributed by atoms with Gasteiger partial charge in [0.25, 0.3) is 0 Å². The highest BCUT2D eigenvalue weighted by Crippen LogP contribution is 2.26. The number of carbonyl (C=O) groups is 1. The van der Waals surface area contributed by atoms with E-state index in [2.05, 4.69) is 29.3 Å². The molecule has 0 aliphatic rings. The fourth-order valence-electron chi connectivity index (χ4n) is 3.15. The second kappa shape index (κ2) is 13.0. The quantitative estimate of drug-likeness (QED) is 0.216. The standard InChI is InChI=1S/C24H32N4O3S/c1-3-5-7-9-17-30-20-13-11-19(12-14-20)28-26-23(25-27-28)21-15-16-22(32-21)24(29)31-18-10-8-6-4-2/h11-16H,3-10,17-18H2,1-2H3. The van der Waals surface area contributed by atoms with Gasteiger partial charge in [-0.1, -0.05) is 52.4 Å². The summed E-state index contributed by atoms with van der Waals surface area (Å²) in [6.07, 6.45) is 9.03. The number of hydrogen-bond acceptors (Lipinski definition) is 7. The molecule has 0 aliphatic carbocycles. The monoisotopic (exact) mass is 456 g/mol. The summed E-state index contributed by atoms with van der Waals surface area (Å²) in [4.78, 5) is 15.0. The zero-order valence-electron chi connectivity index (χ0n) is 19.0. The van der Waals surface area contributed by atoms with E-state index in [4.69, 9.17) is 9.47 Å². The molecule has 0 spiro atoms. The summed E-state index contributed by atoms with van der Waals surface area (Å²) in [5.41, 5.74) is 0.797. The number of esters is 1. The van der Waals surface area contributed by atoms with Crippen LogP contribution in [0.25, 0.3) is 16.4 Å². The molecule has 0 bridgehead atoms. The number of carbonyl (C=O) groups excluding carboxylic acids is 1. The van der Waals surface area contributed by atoms with Gasteiger partial charge in [-0.2, -0.15) is 0 Å². The number of unbranched alkanes of at least 4 members (excludes halogenated alkanes) is 6. The van der Waals surface area contributed by atoms with E-state index in [0.717, 1.165) is 55.0 Å². The van der Waals surface area contributed by atoms with E-state index in [9.17, 15) is 4.79 Å². The molecule has 1 aromatic carbocycles. The summed E-state index contributed by atoms with van der Waals surface area (Å²) >= 11 is 1.32. The van der Waals surface area contributed by atoms with Crippen molar-refractivity contribution in [1.29, 1.82) is 0 Å². The fraction of sp³-hybridized carbons (Fsp3) is 0.500. The normalized spacial score (nSPS) is 10.9. The molecule has 0 saturated heterocycles. The van der Waals surface area contributed by atoms with Crippen molar-refractivity contribution in [2.75, 3.05) is 13.2 Å². The lowest BCUT2D eigenvalue weighted by atomic mass is 10.2. The molecule has 0 amide bonds. The van der Waals surface area contributed by atoms with Gasteiger partial charge < -0.3 is 9.47 Å². The Kier molecular flexibility index (Phi) is 9.68. The minimum atomic E-state index is -0.296. The molecule has 0 atom stereocenters. The summed E-state index contributed by atoms with van der Waals surface area (Å²) in [5, 5.41) is 12.7. The third-order valence-corrected chi connectivity index (χ3v) is 6.07. The minimum absolute atomic E-state index is 0.296. The Morgan fingerprint density at radius 2 is 1.62 bits per heavy atom. The Bertz CT molecular complexity index is 952. The molecule has 0 unspecified atom stereocenters. The molecular formula is C24H32N4O3S. The second-order valence-corrected chi connectivity index (χ2v) is 8.75. The number of ether oxygens (including phenoxy) is 2. The van der Waals surface area contributed by atoms with E-state index >= 15 is 0 Å². The fourth-order valence-corrected chi connectivity index (χ4v) is 3.97. The smallest absolute Gasteiger partial charge is 0.348 e. The highest BCUT2D eigenvalue weighted by Gasteiger charge is 2.15. The SMILES string of the molecule is CCCCCCOC(=O)c1ccc(-c2nnn(-c3ccc(OCCCCCC)cc3)n2)s1. The van der Waals surface area contributed by atoms with E-state index in [-0.39, 0.29) is 5.97 Å². The minimum Gasteiger partial charge on any atom is -0.494 e. The zero-order valence-corrected chi connectivity index (χ0v) is 19.8. The van der Waals surface area contributed by atoms with Gasteiger partial charge in [0.05, 0.1) is 23.8 Å². The maximum atomic E-state index is 12.2. The number of nitrogens with zero attached hydrogens (tertiary/aromatic N) is 4. The van der Waals surface area contributed by atoms with Crippen molar-refractivity contribution < 1.29 is 14.3 Å². The van der Waals surface area contributed by atoms with E-state index in [0.29, 0.717) is 17.3 Å². The summed E-state index contributed by atoms with van der Waals surface area (Å²) in [6, 6.07) is 11.2. The Morgan fingerprint density at radius 3 is 2.34 bits per heavy atom. The van der Waals surface area contributed by atoms with Gasteiger partial charge in [-0.25, -0.2) is 4.79 Å². The predicted octanol–water partition coefficient (Wildman–Crippen LogP) is 6.09. The molecule has 3 aromatic rings. The highest BCUT2D eigenvalue weighted by molar-refractivity contribution is 7.17. The van der Waals surface area contributed by atoms with Crippen LogP contribution in [-0.2, 0) is 4.74 Å². The van der Waals surface area contributed by atoms with Crippen LogP contribution >= 0.6 is 11.3 Å². The lowest BCUT2D eigenvalue weighted by Gasteiger charge is -2.06. The van der Waals surface area contributed by atoms with Crippen LogP contribution in [0.15, 0.2) is 36.4 Å². The molecule has 32 heavy (non-hydrogen) atoms. The molecular weight excluding hydrogens is 424 g/mol. The van der Waals surface area contributed by atoms with Crippen molar-refractivity contribution in [3.63, 3.8) is 0 Å². The van der Waals surface area contributed by atoms with Crippen molar-refractivity contribution in [2.45, 2.75) is 65.2 Å². The Hall–Kier alpha value is -2.74. The summed E-state index contributed by atoms with van der Waals surface area (Å²) in [7, 11) is 0. The van der Waals surface area contributed by atoms with E-state index in [1.807, 2.05) is 30.3 Å². The summed E-state index contributed by atoms with van der Waals surface area (Å²) < 4.78 is 11.1. The number of tetrazole rings is 1.